The average molecular weight is 374 g/mol. The minimum Gasteiger partial charge on any atom is -0.465 e. The molecule has 1 fully saturated rings. The highest BCUT2D eigenvalue weighted by molar-refractivity contribution is 5.81. The van der Waals surface area contributed by atoms with Crippen LogP contribution in [0.15, 0.2) is 43.0 Å². The van der Waals surface area contributed by atoms with Crippen LogP contribution in [-0.4, -0.2) is 37.7 Å². The predicted octanol–water partition coefficient (Wildman–Crippen LogP) is 2.85. The Labute approximate surface area is 159 Å². The first kappa shape index (κ1) is 20.7. The lowest BCUT2D eigenvalue weighted by Crippen LogP contribution is -2.29. The minimum absolute atomic E-state index is 0.0136. The molecule has 0 saturated heterocycles. The van der Waals surface area contributed by atoms with Crippen LogP contribution in [0.3, 0.4) is 0 Å². The molecular formula is C21H26O6. The first-order valence-electron chi connectivity index (χ1n) is 9.26. The van der Waals surface area contributed by atoms with E-state index in [9.17, 15) is 14.4 Å². The molecule has 0 aliphatic heterocycles. The highest BCUT2D eigenvalue weighted by atomic mass is 16.6. The molecule has 0 spiro atoms. The second kappa shape index (κ2) is 11.2. The number of esters is 3. The maximum Gasteiger partial charge on any atom is 0.330 e. The first-order valence-corrected chi connectivity index (χ1v) is 9.26. The van der Waals surface area contributed by atoms with Crippen molar-refractivity contribution in [3.05, 3.63) is 48.6 Å². The Kier molecular flexibility index (Phi) is 8.55. The number of rotatable bonds is 9. The molecule has 1 aliphatic carbocycles. The molecule has 0 bridgehead atoms. The maximum atomic E-state index is 12.2. The molecule has 1 aliphatic rings. The number of hydrogen-bond acceptors (Lipinski definition) is 6. The van der Waals surface area contributed by atoms with Crippen molar-refractivity contribution in [1.29, 1.82) is 0 Å². The third kappa shape index (κ3) is 7.25. The van der Waals surface area contributed by atoms with Crippen LogP contribution in [0.5, 0.6) is 0 Å². The summed E-state index contributed by atoms with van der Waals surface area (Å²) in [6, 6.07) is 9.88. The average Bonchev–Trinajstić information content (AvgIpc) is 2.71. The Morgan fingerprint density at radius 2 is 1.37 bits per heavy atom. The summed E-state index contributed by atoms with van der Waals surface area (Å²) in [6.07, 6.45) is 4.20. The van der Waals surface area contributed by atoms with E-state index < -0.39 is 5.97 Å². The predicted molar refractivity (Wildman–Crippen MR) is 98.7 cm³/mol. The van der Waals surface area contributed by atoms with Crippen LogP contribution in [0.25, 0.3) is 0 Å². The Balaban J connectivity index is 1.61. The zero-order valence-corrected chi connectivity index (χ0v) is 15.4. The van der Waals surface area contributed by atoms with Crippen LogP contribution >= 0.6 is 0 Å². The summed E-state index contributed by atoms with van der Waals surface area (Å²) >= 11 is 0. The van der Waals surface area contributed by atoms with Crippen LogP contribution in [-0.2, 0) is 35.0 Å². The van der Waals surface area contributed by atoms with Crippen LogP contribution in [0.4, 0.5) is 0 Å². The van der Waals surface area contributed by atoms with Gasteiger partial charge < -0.3 is 14.2 Å². The molecule has 1 aromatic rings. The molecule has 0 unspecified atom stereocenters. The van der Waals surface area contributed by atoms with Crippen molar-refractivity contribution in [3.63, 3.8) is 0 Å². The van der Waals surface area contributed by atoms with E-state index in [0.717, 1.165) is 11.6 Å². The lowest BCUT2D eigenvalue weighted by atomic mass is 9.82. The van der Waals surface area contributed by atoms with E-state index >= 15 is 0 Å². The third-order valence-corrected chi connectivity index (χ3v) is 4.61. The molecule has 6 heteroatoms. The van der Waals surface area contributed by atoms with Gasteiger partial charge in [-0.15, -0.1) is 0 Å². The van der Waals surface area contributed by atoms with Crippen LogP contribution in [0.2, 0.25) is 0 Å². The molecule has 0 N–H and O–H groups in total. The molecule has 6 nitrogen and oxygen atoms in total. The van der Waals surface area contributed by atoms with Crippen molar-refractivity contribution in [2.75, 3.05) is 19.8 Å². The molecule has 1 aromatic carbocycles. The lowest BCUT2D eigenvalue weighted by Gasteiger charge is -2.25. The molecule has 2 rings (SSSR count). The van der Waals surface area contributed by atoms with Crippen LogP contribution < -0.4 is 0 Å². The van der Waals surface area contributed by atoms with Crippen molar-refractivity contribution in [2.24, 2.45) is 11.8 Å². The monoisotopic (exact) mass is 374 g/mol. The number of carbonyl (C=O) groups is 3. The summed E-state index contributed by atoms with van der Waals surface area (Å²) in [7, 11) is 0. The highest BCUT2D eigenvalue weighted by Crippen LogP contribution is 2.30. The van der Waals surface area contributed by atoms with E-state index in [0.29, 0.717) is 38.7 Å². The fraction of sp³-hybridized carbons (Fsp3) is 0.476. The summed E-state index contributed by atoms with van der Waals surface area (Å²) in [6.45, 7) is 3.69. The molecule has 0 atom stereocenters. The SMILES string of the molecule is C=CC(=O)OCCOC(=O)C1CCC(C(=O)OCCc2ccccc2)CC1. The van der Waals surface area contributed by atoms with Gasteiger partial charge in [-0.2, -0.15) is 0 Å². The zero-order chi connectivity index (χ0) is 19.5. The molecule has 0 heterocycles. The zero-order valence-electron chi connectivity index (χ0n) is 15.4. The Bertz CT molecular complexity index is 631. The van der Waals surface area contributed by atoms with Crippen LogP contribution in [0.1, 0.15) is 31.2 Å². The summed E-state index contributed by atoms with van der Waals surface area (Å²) in [5, 5.41) is 0. The minimum atomic E-state index is -0.544. The van der Waals surface area contributed by atoms with Crippen molar-refractivity contribution < 1.29 is 28.6 Å². The Morgan fingerprint density at radius 1 is 0.852 bits per heavy atom. The van der Waals surface area contributed by atoms with Gasteiger partial charge in [0.05, 0.1) is 18.4 Å². The van der Waals surface area contributed by atoms with Gasteiger partial charge in [-0.3, -0.25) is 9.59 Å². The fourth-order valence-corrected chi connectivity index (χ4v) is 3.06. The summed E-state index contributed by atoms with van der Waals surface area (Å²) in [5.41, 5.74) is 1.13. The molecule has 27 heavy (non-hydrogen) atoms. The fourth-order valence-electron chi connectivity index (χ4n) is 3.06. The summed E-state index contributed by atoms with van der Waals surface area (Å²) < 4.78 is 15.3. The molecular weight excluding hydrogens is 348 g/mol. The van der Waals surface area contributed by atoms with Gasteiger partial charge in [0.2, 0.25) is 0 Å². The van der Waals surface area contributed by atoms with E-state index in [2.05, 4.69) is 6.58 Å². The van der Waals surface area contributed by atoms with E-state index in [-0.39, 0.29) is 37.0 Å². The molecule has 146 valence electrons. The van der Waals surface area contributed by atoms with Gasteiger partial charge >= 0.3 is 17.9 Å². The van der Waals surface area contributed by atoms with Crippen LogP contribution in [0, 0.1) is 11.8 Å². The first-order chi connectivity index (χ1) is 13.1. The van der Waals surface area contributed by atoms with Gasteiger partial charge in [0.15, 0.2) is 0 Å². The number of hydrogen-bond donors (Lipinski definition) is 0. The largest absolute Gasteiger partial charge is 0.465 e. The second-order valence-corrected chi connectivity index (χ2v) is 6.49. The summed E-state index contributed by atoms with van der Waals surface area (Å²) in [5.74, 6) is -1.40. The van der Waals surface area contributed by atoms with E-state index in [4.69, 9.17) is 14.2 Å². The van der Waals surface area contributed by atoms with Gasteiger partial charge in [0, 0.05) is 12.5 Å². The van der Waals surface area contributed by atoms with Gasteiger partial charge in [-0.1, -0.05) is 36.9 Å². The maximum absolute atomic E-state index is 12.2. The second-order valence-electron chi connectivity index (χ2n) is 6.49. The number of carbonyl (C=O) groups excluding carboxylic acids is 3. The van der Waals surface area contributed by atoms with Crippen molar-refractivity contribution in [1.82, 2.24) is 0 Å². The van der Waals surface area contributed by atoms with Gasteiger partial charge in [-0.25, -0.2) is 4.79 Å². The lowest BCUT2D eigenvalue weighted by molar-refractivity contribution is -0.157. The molecule has 0 aromatic heterocycles. The molecule has 0 radical (unpaired) electrons. The van der Waals surface area contributed by atoms with E-state index in [1.54, 1.807) is 0 Å². The highest BCUT2D eigenvalue weighted by Gasteiger charge is 2.31. The Hall–Kier alpha value is -2.63. The topological polar surface area (TPSA) is 78.9 Å². The van der Waals surface area contributed by atoms with Gasteiger partial charge in [-0.05, 0) is 31.2 Å². The number of ether oxygens (including phenoxy) is 3. The smallest absolute Gasteiger partial charge is 0.330 e. The van der Waals surface area contributed by atoms with Gasteiger partial charge in [0.25, 0.3) is 0 Å². The molecule has 1 saturated carbocycles. The normalized spacial score (nSPS) is 19.0. The number of benzene rings is 1. The Morgan fingerprint density at radius 3 is 1.93 bits per heavy atom. The van der Waals surface area contributed by atoms with Crippen molar-refractivity contribution in [3.8, 4) is 0 Å². The van der Waals surface area contributed by atoms with E-state index in [1.165, 1.54) is 0 Å². The summed E-state index contributed by atoms with van der Waals surface area (Å²) in [4.78, 5) is 35.1. The third-order valence-electron chi connectivity index (χ3n) is 4.61. The van der Waals surface area contributed by atoms with Crippen molar-refractivity contribution in [2.45, 2.75) is 32.1 Å². The van der Waals surface area contributed by atoms with Gasteiger partial charge in [0.1, 0.15) is 13.2 Å². The van der Waals surface area contributed by atoms with E-state index in [1.807, 2.05) is 30.3 Å². The standard InChI is InChI=1S/C21H26O6/c1-2-19(22)25-14-15-27-21(24)18-10-8-17(9-11-18)20(23)26-13-12-16-6-4-3-5-7-16/h2-7,17-18H,1,8-15H2. The quantitative estimate of drug-likeness (QED) is 0.286. The van der Waals surface area contributed by atoms with Crippen molar-refractivity contribution >= 4 is 17.9 Å². The molecule has 0 amide bonds.